The maximum absolute atomic E-state index is 5.82. The summed E-state index contributed by atoms with van der Waals surface area (Å²) in [5, 5.41) is 0. The van der Waals surface area contributed by atoms with E-state index in [4.69, 9.17) is 10.5 Å². The van der Waals surface area contributed by atoms with Crippen molar-refractivity contribution in [2.45, 2.75) is 32.3 Å². The molecule has 1 aliphatic rings. The Morgan fingerprint density at radius 3 is 3.18 bits per heavy atom. The zero-order valence-corrected chi connectivity index (χ0v) is 10.4. The van der Waals surface area contributed by atoms with E-state index in [2.05, 4.69) is 16.8 Å². The third-order valence-electron chi connectivity index (χ3n) is 3.05. The van der Waals surface area contributed by atoms with Crippen molar-refractivity contribution in [1.82, 2.24) is 4.98 Å². The second-order valence-electron chi connectivity index (χ2n) is 4.56. The molecule has 0 saturated carbocycles. The molecule has 1 aromatic rings. The molecule has 0 aliphatic carbocycles. The second-order valence-corrected chi connectivity index (χ2v) is 4.56. The molecule has 0 radical (unpaired) electrons. The number of nitrogen functional groups attached to an aromatic ring is 1. The molecule has 4 heteroatoms. The predicted octanol–water partition coefficient (Wildman–Crippen LogP) is 2.06. The Kier molecular flexibility index (Phi) is 4.20. The number of piperidine rings is 1. The van der Waals surface area contributed by atoms with Gasteiger partial charge in [-0.1, -0.05) is 6.92 Å². The quantitative estimate of drug-likeness (QED) is 0.868. The highest BCUT2D eigenvalue weighted by Crippen LogP contribution is 2.22. The van der Waals surface area contributed by atoms with Crippen LogP contribution in [0, 0.1) is 0 Å². The monoisotopic (exact) mass is 235 g/mol. The van der Waals surface area contributed by atoms with Crippen molar-refractivity contribution in [3.63, 3.8) is 0 Å². The van der Waals surface area contributed by atoms with E-state index in [1.54, 1.807) is 6.20 Å². The minimum Gasteiger partial charge on any atom is -0.397 e. The van der Waals surface area contributed by atoms with E-state index in [1.165, 1.54) is 6.42 Å². The Morgan fingerprint density at radius 2 is 2.41 bits per heavy atom. The van der Waals surface area contributed by atoms with Crippen LogP contribution in [0.3, 0.4) is 0 Å². The summed E-state index contributed by atoms with van der Waals surface area (Å²) in [5.41, 5.74) is 7.59. The third-order valence-corrected chi connectivity index (χ3v) is 3.05. The van der Waals surface area contributed by atoms with Gasteiger partial charge in [0.2, 0.25) is 0 Å². The van der Waals surface area contributed by atoms with E-state index in [0.717, 1.165) is 43.9 Å². The van der Waals surface area contributed by atoms with Gasteiger partial charge < -0.3 is 15.4 Å². The van der Waals surface area contributed by atoms with Crippen molar-refractivity contribution in [2.75, 3.05) is 30.3 Å². The Bertz CT molecular complexity index is 356. The molecule has 2 rings (SSSR count). The number of anilines is 2. The average Bonchev–Trinajstić information content (AvgIpc) is 2.37. The van der Waals surface area contributed by atoms with Crippen LogP contribution in [0.5, 0.6) is 0 Å². The van der Waals surface area contributed by atoms with Crippen molar-refractivity contribution in [3.05, 3.63) is 18.5 Å². The maximum atomic E-state index is 5.82. The molecular formula is C13H21N3O. The van der Waals surface area contributed by atoms with Gasteiger partial charge in [0.05, 0.1) is 23.7 Å². The number of hydrogen-bond donors (Lipinski definition) is 1. The number of ether oxygens (including phenoxy) is 1. The summed E-state index contributed by atoms with van der Waals surface area (Å²) in [5.74, 6) is 0. The van der Waals surface area contributed by atoms with Crippen LogP contribution >= 0.6 is 0 Å². The molecule has 1 aliphatic heterocycles. The topological polar surface area (TPSA) is 51.4 Å². The average molecular weight is 235 g/mol. The fourth-order valence-corrected chi connectivity index (χ4v) is 2.21. The fraction of sp³-hybridized carbons (Fsp3) is 0.615. The van der Waals surface area contributed by atoms with Crippen LogP contribution in [-0.2, 0) is 4.74 Å². The first kappa shape index (κ1) is 12.2. The molecule has 0 spiro atoms. The lowest BCUT2D eigenvalue weighted by molar-refractivity contribution is 0.0440. The lowest BCUT2D eigenvalue weighted by Gasteiger charge is -2.34. The Labute approximate surface area is 103 Å². The second kappa shape index (κ2) is 5.87. The molecule has 1 unspecified atom stereocenters. The van der Waals surface area contributed by atoms with Crippen molar-refractivity contribution in [2.24, 2.45) is 0 Å². The SMILES string of the molecule is CCCOC1CCCN(c2cncc(N)c2)C1. The smallest absolute Gasteiger partial charge is 0.0750 e. The van der Waals surface area contributed by atoms with Crippen LogP contribution in [0.25, 0.3) is 0 Å². The first-order valence-electron chi connectivity index (χ1n) is 6.36. The standard InChI is InChI=1S/C13H21N3O/c1-2-6-17-13-4-3-5-16(10-13)12-7-11(14)8-15-9-12/h7-9,13H,2-6,10,14H2,1H3. The molecule has 1 saturated heterocycles. The minimum atomic E-state index is 0.352. The summed E-state index contributed by atoms with van der Waals surface area (Å²) in [4.78, 5) is 6.45. The first-order chi connectivity index (χ1) is 8.29. The van der Waals surface area contributed by atoms with Crippen molar-refractivity contribution in [1.29, 1.82) is 0 Å². The summed E-state index contributed by atoms with van der Waals surface area (Å²) in [6.07, 6.45) is 7.31. The number of aromatic nitrogens is 1. The van der Waals surface area contributed by atoms with Gasteiger partial charge in [0.15, 0.2) is 0 Å². The first-order valence-corrected chi connectivity index (χ1v) is 6.36. The molecule has 4 nitrogen and oxygen atoms in total. The number of hydrogen-bond acceptors (Lipinski definition) is 4. The van der Waals surface area contributed by atoms with E-state index in [0.29, 0.717) is 6.10 Å². The van der Waals surface area contributed by atoms with Gasteiger partial charge >= 0.3 is 0 Å². The molecule has 2 heterocycles. The van der Waals surface area contributed by atoms with Gasteiger partial charge in [-0.15, -0.1) is 0 Å². The summed E-state index contributed by atoms with van der Waals surface area (Å²) in [6.45, 7) is 5.01. The van der Waals surface area contributed by atoms with Crippen LogP contribution in [0.15, 0.2) is 18.5 Å². The summed E-state index contributed by atoms with van der Waals surface area (Å²) >= 11 is 0. The van der Waals surface area contributed by atoms with E-state index in [9.17, 15) is 0 Å². The molecule has 1 fully saturated rings. The van der Waals surface area contributed by atoms with Gasteiger partial charge in [0, 0.05) is 25.9 Å². The van der Waals surface area contributed by atoms with Gasteiger partial charge in [-0.05, 0) is 25.3 Å². The Balaban J connectivity index is 1.97. The van der Waals surface area contributed by atoms with Gasteiger partial charge in [0.25, 0.3) is 0 Å². The highest BCUT2D eigenvalue weighted by Gasteiger charge is 2.20. The molecule has 17 heavy (non-hydrogen) atoms. The molecule has 94 valence electrons. The van der Waals surface area contributed by atoms with Crippen LogP contribution < -0.4 is 10.6 Å². The minimum absolute atomic E-state index is 0.352. The number of nitrogens with zero attached hydrogens (tertiary/aromatic N) is 2. The van der Waals surface area contributed by atoms with Crippen molar-refractivity contribution < 1.29 is 4.74 Å². The summed E-state index contributed by atoms with van der Waals surface area (Å²) in [6, 6.07) is 1.98. The van der Waals surface area contributed by atoms with Crippen molar-refractivity contribution in [3.8, 4) is 0 Å². The van der Waals surface area contributed by atoms with Gasteiger partial charge in [0.1, 0.15) is 0 Å². The molecule has 1 atom stereocenters. The predicted molar refractivity (Wildman–Crippen MR) is 70.1 cm³/mol. The molecule has 0 bridgehead atoms. The van der Waals surface area contributed by atoms with E-state index < -0.39 is 0 Å². The van der Waals surface area contributed by atoms with E-state index >= 15 is 0 Å². The maximum Gasteiger partial charge on any atom is 0.0750 e. The number of rotatable bonds is 4. The number of pyridine rings is 1. The van der Waals surface area contributed by atoms with E-state index in [1.807, 2.05) is 12.3 Å². The van der Waals surface area contributed by atoms with Crippen LogP contribution in [0.1, 0.15) is 26.2 Å². The summed E-state index contributed by atoms with van der Waals surface area (Å²) < 4.78 is 5.82. The summed E-state index contributed by atoms with van der Waals surface area (Å²) in [7, 11) is 0. The Morgan fingerprint density at radius 1 is 1.53 bits per heavy atom. The van der Waals surface area contributed by atoms with Crippen LogP contribution in [0.2, 0.25) is 0 Å². The third kappa shape index (κ3) is 3.33. The van der Waals surface area contributed by atoms with Crippen LogP contribution in [0.4, 0.5) is 11.4 Å². The highest BCUT2D eigenvalue weighted by atomic mass is 16.5. The fourth-order valence-electron chi connectivity index (χ4n) is 2.21. The van der Waals surface area contributed by atoms with Gasteiger partial charge in [-0.25, -0.2) is 0 Å². The molecule has 0 aromatic carbocycles. The number of nitrogens with two attached hydrogens (primary N) is 1. The lowest BCUT2D eigenvalue weighted by atomic mass is 10.1. The zero-order chi connectivity index (χ0) is 12.1. The Hall–Kier alpha value is -1.29. The molecular weight excluding hydrogens is 214 g/mol. The molecule has 1 aromatic heterocycles. The molecule has 2 N–H and O–H groups in total. The highest BCUT2D eigenvalue weighted by molar-refractivity contribution is 5.53. The lowest BCUT2D eigenvalue weighted by Crippen LogP contribution is -2.39. The zero-order valence-electron chi connectivity index (χ0n) is 10.4. The van der Waals surface area contributed by atoms with Gasteiger partial charge in [-0.2, -0.15) is 0 Å². The molecule has 0 amide bonds. The van der Waals surface area contributed by atoms with Gasteiger partial charge in [-0.3, -0.25) is 4.98 Å². The van der Waals surface area contributed by atoms with E-state index in [-0.39, 0.29) is 0 Å². The van der Waals surface area contributed by atoms with Crippen molar-refractivity contribution >= 4 is 11.4 Å². The van der Waals surface area contributed by atoms with Crippen LogP contribution in [-0.4, -0.2) is 30.8 Å². The normalized spacial score (nSPS) is 20.5. The largest absolute Gasteiger partial charge is 0.397 e.